The summed E-state index contributed by atoms with van der Waals surface area (Å²) in [6.45, 7) is 2.06. The predicted octanol–water partition coefficient (Wildman–Crippen LogP) is 3.70. The lowest BCUT2D eigenvalue weighted by atomic mass is 9.98. The summed E-state index contributed by atoms with van der Waals surface area (Å²) in [6.07, 6.45) is 0.927. The number of para-hydroxylation sites is 1. The van der Waals surface area contributed by atoms with Crippen LogP contribution in [0.2, 0.25) is 0 Å². The molecular formula is C15H14O2. The molecule has 2 heteroatoms. The quantitative estimate of drug-likeness (QED) is 0.630. The number of ether oxygens (including phenoxy) is 2. The molecule has 0 spiro atoms. The highest BCUT2D eigenvalue weighted by molar-refractivity contribution is 5.54. The van der Waals surface area contributed by atoms with E-state index in [9.17, 15) is 0 Å². The summed E-state index contributed by atoms with van der Waals surface area (Å²) in [5, 5.41) is 0. The number of hydrogen-bond donors (Lipinski definition) is 0. The topological polar surface area (TPSA) is 18.5 Å². The van der Waals surface area contributed by atoms with Gasteiger partial charge >= 0.3 is 0 Å². The monoisotopic (exact) mass is 226 g/mol. The van der Waals surface area contributed by atoms with E-state index >= 15 is 0 Å². The van der Waals surface area contributed by atoms with Gasteiger partial charge in [-0.25, -0.2) is 0 Å². The summed E-state index contributed by atoms with van der Waals surface area (Å²) in [5.74, 6) is 2.74. The highest BCUT2D eigenvalue weighted by atomic mass is 16.5. The lowest BCUT2D eigenvalue weighted by Gasteiger charge is -2.21. The molecule has 0 aliphatic carbocycles. The number of rotatable bonds is 1. The van der Waals surface area contributed by atoms with Crippen LogP contribution >= 0.6 is 0 Å². The van der Waals surface area contributed by atoms with Gasteiger partial charge in [0.1, 0.15) is 17.2 Å². The van der Waals surface area contributed by atoms with Gasteiger partial charge in [0.05, 0.1) is 7.11 Å². The average molecular weight is 226 g/mol. The molecule has 0 bridgehead atoms. The maximum atomic E-state index is 5.89. The van der Waals surface area contributed by atoms with Crippen molar-refractivity contribution in [2.45, 2.75) is 13.3 Å². The van der Waals surface area contributed by atoms with Crippen LogP contribution < -0.4 is 9.47 Å². The van der Waals surface area contributed by atoms with E-state index in [0.717, 1.165) is 29.2 Å². The molecule has 3 rings (SSSR count). The predicted molar refractivity (Wildman–Crippen MR) is 67.1 cm³/mol. The summed E-state index contributed by atoms with van der Waals surface area (Å²) in [7, 11) is 1.69. The molecule has 0 fully saturated rings. The number of benzene rings is 2. The highest BCUT2D eigenvalue weighted by Gasteiger charge is 2.18. The minimum Gasteiger partial charge on any atom is -0.496 e. The number of hydrogen-bond acceptors (Lipinski definition) is 2. The standard InChI is InChI=1S/C15H14O2/c1-10-7-12-8-11-5-3-4-6-13(11)17-15(12)9-14(10)16-2/h3-7,9H,8H2,1-2H3. The zero-order valence-corrected chi connectivity index (χ0v) is 9.99. The Bertz CT molecular complexity index is 573. The van der Waals surface area contributed by atoms with Crippen LogP contribution in [0.1, 0.15) is 16.7 Å². The zero-order valence-electron chi connectivity index (χ0n) is 9.99. The van der Waals surface area contributed by atoms with Gasteiger partial charge in [0.2, 0.25) is 0 Å². The minimum absolute atomic E-state index is 0.878. The Morgan fingerprint density at radius 1 is 1.06 bits per heavy atom. The van der Waals surface area contributed by atoms with Crippen molar-refractivity contribution >= 4 is 0 Å². The molecule has 1 aliphatic rings. The van der Waals surface area contributed by atoms with E-state index in [0.29, 0.717) is 0 Å². The van der Waals surface area contributed by atoms with Crippen molar-refractivity contribution in [2.24, 2.45) is 0 Å². The van der Waals surface area contributed by atoms with Crippen LogP contribution in [-0.4, -0.2) is 7.11 Å². The summed E-state index contributed by atoms with van der Waals surface area (Å²) in [5.41, 5.74) is 3.61. The lowest BCUT2D eigenvalue weighted by molar-refractivity contribution is 0.403. The van der Waals surface area contributed by atoms with Gasteiger partial charge in [-0.1, -0.05) is 18.2 Å². The van der Waals surface area contributed by atoms with Crippen LogP contribution in [0.5, 0.6) is 17.2 Å². The SMILES string of the molecule is COc1cc2c(cc1C)Cc1ccccc1O2. The molecular weight excluding hydrogens is 212 g/mol. The fourth-order valence-electron chi connectivity index (χ4n) is 2.26. The van der Waals surface area contributed by atoms with Gasteiger partial charge in [0.15, 0.2) is 0 Å². The number of aryl methyl sites for hydroxylation is 1. The minimum atomic E-state index is 0.878. The van der Waals surface area contributed by atoms with E-state index in [1.54, 1.807) is 7.11 Å². The van der Waals surface area contributed by atoms with Gasteiger partial charge in [-0.3, -0.25) is 0 Å². The van der Waals surface area contributed by atoms with Crippen molar-refractivity contribution in [1.82, 2.24) is 0 Å². The van der Waals surface area contributed by atoms with Crippen LogP contribution in [0.15, 0.2) is 36.4 Å². The first-order valence-electron chi connectivity index (χ1n) is 5.71. The van der Waals surface area contributed by atoms with E-state index in [-0.39, 0.29) is 0 Å². The van der Waals surface area contributed by atoms with E-state index in [4.69, 9.17) is 9.47 Å². The third-order valence-corrected chi connectivity index (χ3v) is 3.15. The van der Waals surface area contributed by atoms with Crippen LogP contribution in [0.3, 0.4) is 0 Å². The molecule has 0 atom stereocenters. The lowest BCUT2D eigenvalue weighted by Crippen LogP contribution is -2.03. The Morgan fingerprint density at radius 2 is 1.88 bits per heavy atom. The van der Waals surface area contributed by atoms with Gasteiger partial charge < -0.3 is 9.47 Å². The molecule has 0 unspecified atom stereocenters. The Hall–Kier alpha value is -1.96. The Balaban J connectivity index is 2.09. The number of fused-ring (bicyclic) bond motifs is 2. The van der Waals surface area contributed by atoms with Crippen molar-refractivity contribution in [1.29, 1.82) is 0 Å². The molecule has 86 valence electrons. The molecule has 1 aliphatic heterocycles. The van der Waals surface area contributed by atoms with Crippen molar-refractivity contribution in [3.05, 3.63) is 53.1 Å². The molecule has 0 N–H and O–H groups in total. The van der Waals surface area contributed by atoms with E-state index in [1.165, 1.54) is 11.1 Å². The Kier molecular flexibility index (Phi) is 2.29. The fourth-order valence-corrected chi connectivity index (χ4v) is 2.26. The van der Waals surface area contributed by atoms with Crippen LogP contribution in [0.4, 0.5) is 0 Å². The van der Waals surface area contributed by atoms with Crippen LogP contribution in [-0.2, 0) is 6.42 Å². The Morgan fingerprint density at radius 3 is 2.71 bits per heavy atom. The average Bonchev–Trinajstić information content (AvgIpc) is 2.35. The summed E-state index contributed by atoms with van der Waals surface area (Å²) in [4.78, 5) is 0. The maximum Gasteiger partial charge on any atom is 0.134 e. The third kappa shape index (κ3) is 1.66. The first-order chi connectivity index (χ1) is 8.28. The van der Waals surface area contributed by atoms with Gasteiger partial charge in [-0.2, -0.15) is 0 Å². The first-order valence-corrected chi connectivity index (χ1v) is 5.71. The van der Waals surface area contributed by atoms with Crippen molar-refractivity contribution in [2.75, 3.05) is 7.11 Å². The van der Waals surface area contributed by atoms with E-state index in [1.807, 2.05) is 24.3 Å². The van der Waals surface area contributed by atoms with Crippen LogP contribution in [0.25, 0.3) is 0 Å². The largest absolute Gasteiger partial charge is 0.496 e. The Labute approximate surface area is 101 Å². The molecule has 0 saturated heterocycles. The molecule has 0 radical (unpaired) electrons. The second kappa shape index (κ2) is 3.81. The molecule has 2 aromatic carbocycles. The highest BCUT2D eigenvalue weighted by Crippen LogP contribution is 2.39. The van der Waals surface area contributed by atoms with Crippen LogP contribution in [0, 0.1) is 6.92 Å². The summed E-state index contributed by atoms with van der Waals surface area (Å²) >= 11 is 0. The maximum absolute atomic E-state index is 5.89. The van der Waals surface area contributed by atoms with Gasteiger partial charge in [-0.15, -0.1) is 0 Å². The fraction of sp³-hybridized carbons (Fsp3) is 0.200. The first kappa shape index (κ1) is 10.2. The van der Waals surface area contributed by atoms with Gasteiger partial charge in [-0.05, 0) is 35.7 Å². The molecule has 17 heavy (non-hydrogen) atoms. The smallest absolute Gasteiger partial charge is 0.134 e. The van der Waals surface area contributed by atoms with Gasteiger partial charge in [0.25, 0.3) is 0 Å². The zero-order chi connectivity index (χ0) is 11.8. The van der Waals surface area contributed by atoms with Crippen molar-refractivity contribution in [3.63, 3.8) is 0 Å². The second-order valence-electron chi connectivity index (χ2n) is 4.32. The summed E-state index contributed by atoms with van der Waals surface area (Å²) < 4.78 is 11.2. The molecule has 1 heterocycles. The second-order valence-corrected chi connectivity index (χ2v) is 4.32. The molecule has 0 aromatic heterocycles. The number of methoxy groups -OCH3 is 1. The summed E-state index contributed by atoms with van der Waals surface area (Å²) in [6, 6.07) is 12.3. The molecule has 2 nitrogen and oxygen atoms in total. The van der Waals surface area contributed by atoms with E-state index < -0.39 is 0 Å². The van der Waals surface area contributed by atoms with Gasteiger partial charge in [0, 0.05) is 12.5 Å². The van der Waals surface area contributed by atoms with Crippen molar-refractivity contribution < 1.29 is 9.47 Å². The molecule has 0 amide bonds. The van der Waals surface area contributed by atoms with E-state index in [2.05, 4.69) is 19.1 Å². The normalized spacial score (nSPS) is 12.4. The third-order valence-electron chi connectivity index (χ3n) is 3.15. The molecule has 0 saturated carbocycles. The van der Waals surface area contributed by atoms with Crippen molar-refractivity contribution in [3.8, 4) is 17.2 Å². The molecule has 2 aromatic rings.